The fourth-order valence-electron chi connectivity index (χ4n) is 1.97. The normalized spacial score (nSPS) is 10.4. The molecule has 3 N–H and O–H groups in total. The van der Waals surface area contributed by atoms with Crippen LogP contribution in [-0.4, -0.2) is 17.1 Å². The molecule has 0 aliphatic rings. The highest BCUT2D eigenvalue weighted by molar-refractivity contribution is 5.89. The predicted octanol–water partition coefficient (Wildman–Crippen LogP) is 3.53. The molecule has 0 bridgehead atoms. The van der Waals surface area contributed by atoms with Crippen LogP contribution in [-0.2, 0) is 6.54 Å². The molecule has 0 aliphatic carbocycles. The quantitative estimate of drug-likeness (QED) is 0.791. The first-order chi connectivity index (χ1) is 10.5. The maximum atomic E-state index is 11.6. The van der Waals surface area contributed by atoms with E-state index in [9.17, 15) is 4.79 Å². The van der Waals surface area contributed by atoms with E-state index in [1.54, 1.807) is 0 Å². The number of amides is 2. The van der Waals surface area contributed by atoms with Gasteiger partial charge in [-0.1, -0.05) is 18.2 Å². The number of rotatable bonds is 5. The lowest BCUT2D eigenvalue weighted by Gasteiger charge is -2.11. The van der Waals surface area contributed by atoms with E-state index in [0.717, 1.165) is 22.8 Å². The average Bonchev–Trinajstić information content (AvgIpc) is 2.46. The molecule has 0 radical (unpaired) electrons. The third-order valence-corrected chi connectivity index (χ3v) is 2.99. The Morgan fingerprint density at radius 3 is 2.50 bits per heavy atom. The van der Waals surface area contributed by atoms with Crippen molar-refractivity contribution < 1.29 is 4.79 Å². The topological polar surface area (TPSA) is 66.0 Å². The summed E-state index contributed by atoms with van der Waals surface area (Å²) in [5.74, 6) is 0.860. The molecule has 0 saturated heterocycles. The number of nitrogens with zero attached hydrogens (tertiary/aromatic N) is 1. The Balaban J connectivity index is 1.88. The van der Waals surface area contributed by atoms with Gasteiger partial charge in [0.25, 0.3) is 0 Å². The van der Waals surface area contributed by atoms with Gasteiger partial charge in [0.1, 0.15) is 5.82 Å². The molecular formula is C17H22N4O. The number of urea groups is 1. The fourth-order valence-corrected chi connectivity index (χ4v) is 1.97. The van der Waals surface area contributed by atoms with Crippen molar-refractivity contribution in [2.45, 2.75) is 33.4 Å². The molecule has 2 aromatic rings. The molecule has 2 amide bonds. The van der Waals surface area contributed by atoms with Crippen LogP contribution in [0.25, 0.3) is 0 Å². The van der Waals surface area contributed by atoms with E-state index in [1.165, 1.54) is 0 Å². The summed E-state index contributed by atoms with van der Waals surface area (Å²) in [7, 11) is 0. The number of pyridine rings is 1. The Morgan fingerprint density at radius 1 is 1.14 bits per heavy atom. The third kappa shape index (κ3) is 5.09. The fraction of sp³-hybridized carbons (Fsp3) is 0.294. The van der Waals surface area contributed by atoms with Crippen molar-refractivity contribution in [1.82, 2.24) is 10.3 Å². The number of carbonyl (C=O) groups is 1. The average molecular weight is 298 g/mol. The smallest absolute Gasteiger partial charge is 0.319 e. The van der Waals surface area contributed by atoms with E-state index in [0.29, 0.717) is 6.54 Å². The summed E-state index contributed by atoms with van der Waals surface area (Å²) in [4.78, 5) is 16.0. The van der Waals surface area contributed by atoms with E-state index < -0.39 is 0 Å². The largest absolute Gasteiger partial charge is 0.366 e. The zero-order valence-corrected chi connectivity index (χ0v) is 13.2. The summed E-state index contributed by atoms with van der Waals surface area (Å²) in [5, 5.41) is 8.86. The van der Waals surface area contributed by atoms with Crippen LogP contribution >= 0.6 is 0 Å². The molecule has 0 saturated carbocycles. The lowest BCUT2D eigenvalue weighted by Crippen LogP contribution is -2.34. The molecule has 0 unspecified atom stereocenters. The second-order valence-corrected chi connectivity index (χ2v) is 5.47. The van der Waals surface area contributed by atoms with E-state index in [2.05, 4.69) is 20.9 Å². The maximum absolute atomic E-state index is 11.6. The predicted molar refractivity (Wildman–Crippen MR) is 90.0 cm³/mol. The lowest BCUT2D eigenvalue weighted by molar-refractivity contribution is 0.250. The van der Waals surface area contributed by atoms with Crippen molar-refractivity contribution in [2.75, 3.05) is 10.6 Å². The second-order valence-electron chi connectivity index (χ2n) is 5.47. The molecule has 1 heterocycles. The minimum Gasteiger partial charge on any atom is -0.366 e. The van der Waals surface area contributed by atoms with Gasteiger partial charge in [0.05, 0.1) is 0 Å². The molecule has 116 valence electrons. The number of hydrogen-bond acceptors (Lipinski definition) is 3. The Hall–Kier alpha value is -2.56. The van der Waals surface area contributed by atoms with Crippen molar-refractivity contribution in [3.05, 3.63) is 53.7 Å². The van der Waals surface area contributed by atoms with E-state index >= 15 is 0 Å². The van der Waals surface area contributed by atoms with E-state index in [1.807, 2.05) is 63.2 Å². The molecule has 0 aliphatic heterocycles. The molecule has 0 fully saturated rings. The number of aromatic nitrogens is 1. The molecule has 22 heavy (non-hydrogen) atoms. The van der Waals surface area contributed by atoms with Gasteiger partial charge < -0.3 is 16.0 Å². The van der Waals surface area contributed by atoms with Crippen LogP contribution in [0.3, 0.4) is 0 Å². The van der Waals surface area contributed by atoms with Crippen molar-refractivity contribution in [1.29, 1.82) is 0 Å². The zero-order valence-electron chi connectivity index (χ0n) is 13.2. The summed E-state index contributed by atoms with van der Waals surface area (Å²) in [5.41, 5.74) is 2.88. The van der Waals surface area contributed by atoms with Gasteiger partial charge >= 0.3 is 6.03 Å². The minimum absolute atomic E-state index is 0.116. The van der Waals surface area contributed by atoms with Gasteiger partial charge in [0.2, 0.25) is 0 Å². The van der Waals surface area contributed by atoms with Crippen LogP contribution in [0.5, 0.6) is 0 Å². The Morgan fingerprint density at radius 2 is 1.86 bits per heavy atom. The Bertz CT molecular complexity index is 623. The van der Waals surface area contributed by atoms with E-state index in [4.69, 9.17) is 0 Å². The number of anilines is 2. The molecule has 0 spiro atoms. The van der Waals surface area contributed by atoms with Gasteiger partial charge in [-0.25, -0.2) is 9.78 Å². The van der Waals surface area contributed by atoms with Crippen molar-refractivity contribution in [2.24, 2.45) is 0 Å². The highest BCUT2D eigenvalue weighted by Crippen LogP contribution is 2.11. The lowest BCUT2D eigenvalue weighted by atomic mass is 10.2. The van der Waals surface area contributed by atoms with Crippen LogP contribution in [0.2, 0.25) is 0 Å². The molecule has 5 nitrogen and oxygen atoms in total. The van der Waals surface area contributed by atoms with Gasteiger partial charge in [-0.3, -0.25) is 0 Å². The van der Waals surface area contributed by atoms with Crippen LogP contribution in [0.1, 0.15) is 25.1 Å². The van der Waals surface area contributed by atoms with Gasteiger partial charge in [-0.2, -0.15) is 0 Å². The van der Waals surface area contributed by atoms with Crippen molar-refractivity contribution in [3.8, 4) is 0 Å². The monoisotopic (exact) mass is 298 g/mol. The summed E-state index contributed by atoms with van der Waals surface area (Å²) in [6.45, 7) is 6.50. The second kappa shape index (κ2) is 7.45. The summed E-state index contributed by atoms with van der Waals surface area (Å²) in [6, 6.07) is 13.6. The van der Waals surface area contributed by atoms with Crippen LogP contribution < -0.4 is 16.0 Å². The van der Waals surface area contributed by atoms with Gasteiger partial charge in [-0.05, 0) is 50.6 Å². The number of hydrogen-bond donors (Lipinski definition) is 3. The van der Waals surface area contributed by atoms with Crippen molar-refractivity contribution >= 4 is 17.5 Å². The molecule has 1 aromatic heterocycles. The Labute approximate surface area is 131 Å². The maximum Gasteiger partial charge on any atom is 0.319 e. The molecule has 2 rings (SSSR count). The number of aryl methyl sites for hydroxylation is 1. The van der Waals surface area contributed by atoms with Crippen LogP contribution in [0, 0.1) is 6.92 Å². The van der Waals surface area contributed by atoms with Crippen LogP contribution in [0.4, 0.5) is 16.3 Å². The highest BCUT2D eigenvalue weighted by Gasteiger charge is 2.03. The van der Waals surface area contributed by atoms with E-state index in [-0.39, 0.29) is 12.1 Å². The SMILES string of the molecule is Cc1cccc(NCc2ccc(NC(=O)NC(C)C)cc2)n1. The molecular weight excluding hydrogens is 276 g/mol. The summed E-state index contributed by atoms with van der Waals surface area (Å²) >= 11 is 0. The van der Waals surface area contributed by atoms with Crippen molar-refractivity contribution in [3.63, 3.8) is 0 Å². The highest BCUT2D eigenvalue weighted by atomic mass is 16.2. The van der Waals surface area contributed by atoms with Gasteiger partial charge in [0.15, 0.2) is 0 Å². The first kappa shape index (κ1) is 15.8. The number of carbonyl (C=O) groups excluding carboxylic acids is 1. The standard InChI is InChI=1S/C17H22N4O/c1-12(2)19-17(22)21-15-9-7-14(8-10-15)11-18-16-6-4-5-13(3)20-16/h4-10,12H,11H2,1-3H3,(H,18,20)(H2,19,21,22). The number of nitrogens with one attached hydrogen (secondary N) is 3. The summed E-state index contributed by atoms with van der Waals surface area (Å²) in [6.07, 6.45) is 0. The van der Waals surface area contributed by atoms with Gasteiger partial charge in [-0.15, -0.1) is 0 Å². The molecule has 5 heteroatoms. The first-order valence-electron chi connectivity index (χ1n) is 7.37. The first-order valence-corrected chi connectivity index (χ1v) is 7.37. The van der Waals surface area contributed by atoms with Gasteiger partial charge in [0, 0.05) is 24.0 Å². The molecule has 0 atom stereocenters. The Kier molecular flexibility index (Phi) is 5.36. The molecule has 1 aromatic carbocycles. The zero-order chi connectivity index (χ0) is 15.9. The van der Waals surface area contributed by atoms with Crippen LogP contribution in [0.15, 0.2) is 42.5 Å². The minimum atomic E-state index is -0.190. The summed E-state index contributed by atoms with van der Waals surface area (Å²) < 4.78 is 0. The number of benzene rings is 1. The third-order valence-electron chi connectivity index (χ3n) is 2.99.